The Kier molecular flexibility index (Phi) is 6.16. The number of fused-ring (bicyclic) bond motifs is 1. The first kappa shape index (κ1) is 19.8. The van der Waals surface area contributed by atoms with Crippen LogP contribution in [-0.4, -0.2) is 81.7 Å². The summed E-state index contributed by atoms with van der Waals surface area (Å²) in [7, 11) is 3.84. The summed E-state index contributed by atoms with van der Waals surface area (Å²) < 4.78 is 1.93. The molecule has 0 spiro atoms. The molecule has 1 saturated heterocycles. The second kappa shape index (κ2) is 8.39. The molecule has 2 amide bonds. The van der Waals surface area contributed by atoms with E-state index < -0.39 is 6.10 Å². The van der Waals surface area contributed by atoms with Gasteiger partial charge in [-0.15, -0.1) is 0 Å². The molecule has 8 nitrogen and oxygen atoms in total. The van der Waals surface area contributed by atoms with E-state index in [0.717, 1.165) is 38.0 Å². The summed E-state index contributed by atoms with van der Waals surface area (Å²) in [6, 6.07) is 1.93. The Morgan fingerprint density at radius 1 is 1.22 bits per heavy atom. The summed E-state index contributed by atoms with van der Waals surface area (Å²) >= 11 is 0. The quantitative estimate of drug-likeness (QED) is 0.825. The lowest BCUT2D eigenvalue weighted by atomic mass is 9.95. The first-order chi connectivity index (χ1) is 12.8. The van der Waals surface area contributed by atoms with Gasteiger partial charge in [0.1, 0.15) is 6.10 Å². The van der Waals surface area contributed by atoms with Gasteiger partial charge in [0.05, 0.1) is 17.9 Å². The highest BCUT2D eigenvalue weighted by atomic mass is 16.3. The van der Waals surface area contributed by atoms with E-state index in [-0.39, 0.29) is 17.7 Å². The number of likely N-dealkylation sites (tertiary alicyclic amines) is 1. The fraction of sp³-hybridized carbons (Fsp3) is 0.737. The predicted octanol–water partition coefficient (Wildman–Crippen LogP) is 0.469. The standard InChI is InChI=1S/C19H31N5O3/c1-14(25)22-9-5-15(6-10-22)19(27)23-7-4-8-24-16(12-23)11-17(20-24)18(26)13-21(2)3/h11,15,18,26H,4-10,12-13H2,1-3H3/t18-/m0/s1. The molecule has 3 rings (SSSR count). The van der Waals surface area contributed by atoms with Crippen LogP contribution in [0.1, 0.15) is 43.7 Å². The summed E-state index contributed by atoms with van der Waals surface area (Å²) in [5.41, 5.74) is 1.65. The van der Waals surface area contributed by atoms with Crippen molar-refractivity contribution >= 4 is 11.8 Å². The molecule has 1 fully saturated rings. The molecule has 0 unspecified atom stereocenters. The maximum absolute atomic E-state index is 13.0. The number of rotatable bonds is 4. The van der Waals surface area contributed by atoms with E-state index in [1.165, 1.54) is 0 Å². The van der Waals surface area contributed by atoms with E-state index >= 15 is 0 Å². The summed E-state index contributed by atoms with van der Waals surface area (Å²) in [5.74, 6) is 0.264. The minimum absolute atomic E-state index is 0.00567. The lowest BCUT2D eigenvalue weighted by Gasteiger charge is -2.33. The number of aliphatic hydroxyl groups excluding tert-OH is 1. The van der Waals surface area contributed by atoms with Gasteiger partial charge in [-0.05, 0) is 39.4 Å². The molecule has 2 aliphatic heterocycles. The third-order valence-corrected chi connectivity index (χ3v) is 5.51. The van der Waals surface area contributed by atoms with Gasteiger partial charge in [0, 0.05) is 45.6 Å². The Bertz CT molecular complexity index is 679. The van der Waals surface area contributed by atoms with Crippen LogP contribution in [0.5, 0.6) is 0 Å². The van der Waals surface area contributed by atoms with Crippen LogP contribution in [0.4, 0.5) is 0 Å². The molecule has 1 N–H and O–H groups in total. The normalized spacial score (nSPS) is 19.7. The average molecular weight is 377 g/mol. The molecule has 0 aliphatic carbocycles. The molecule has 1 aromatic heterocycles. The number of nitrogens with zero attached hydrogens (tertiary/aromatic N) is 5. The molecule has 0 bridgehead atoms. The number of aryl methyl sites for hydroxylation is 1. The maximum atomic E-state index is 13.0. The Morgan fingerprint density at radius 3 is 2.56 bits per heavy atom. The van der Waals surface area contributed by atoms with Crippen LogP contribution in [0.2, 0.25) is 0 Å². The topological polar surface area (TPSA) is 81.9 Å². The molecule has 150 valence electrons. The van der Waals surface area contributed by atoms with E-state index in [2.05, 4.69) is 5.10 Å². The van der Waals surface area contributed by atoms with Gasteiger partial charge in [0.25, 0.3) is 0 Å². The predicted molar refractivity (Wildman–Crippen MR) is 101 cm³/mol. The second-order valence-electron chi connectivity index (χ2n) is 7.96. The molecular weight excluding hydrogens is 346 g/mol. The highest BCUT2D eigenvalue weighted by molar-refractivity contribution is 5.79. The number of piperidine rings is 1. The molecule has 27 heavy (non-hydrogen) atoms. The van der Waals surface area contributed by atoms with Gasteiger partial charge >= 0.3 is 0 Å². The Balaban J connectivity index is 1.65. The van der Waals surface area contributed by atoms with Crippen LogP contribution < -0.4 is 0 Å². The second-order valence-corrected chi connectivity index (χ2v) is 7.96. The third-order valence-electron chi connectivity index (χ3n) is 5.51. The van der Waals surface area contributed by atoms with Crippen molar-refractivity contribution in [3.05, 3.63) is 17.5 Å². The molecule has 1 atom stereocenters. The number of amides is 2. The number of aromatic nitrogens is 2. The van der Waals surface area contributed by atoms with E-state index in [0.29, 0.717) is 31.9 Å². The molecular formula is C19H31N5O3. The minimum Gasteiger partial charge on any atom is -0.385 e. The fourth-order valence-electron chi connectivity index (χ4n) is 3.97. The van der Waals surface area contributed by atoms with Crippen molar-refractivity contribution in [3.63, 3.8) is 0 Å². The fourth-order valence-corrected chi connectivity index (χ4v) is 3.97. The van der Waals surface area contributed by atoms with Gasteiger partial charge < -0.3 is 19.8 Å². The first-order valence-corrected chi connectivity index (χ1v) is 9.79. The lowest BCUT2D eigenvalue weighted by molar-refractivity contribution is -0.140. The average Bonchev–Trinajstić information content (AvgIpc) is 2.92. The number of carbonyl (C=O) groups excluding carboxylic acids is 2. The zero-order chi connectivity index (χ0) is 19.6. The van der Waals surface area contributed by atoms with Gasteiger partial charge in [0.2, 0.25) is 11.8 Å². The van der Waals surface area contributed by atoms with Crippen LogP contribution in [0.25, 0.3) is 0 Å². The number of hydrogen-bond acceptors (Lipinski definition) is 5. The molecule has 2 aliphatic rings. The van der Waals surface area contributed by atoms with E-state index in [1.807, 2.05) is 39.5 Å². The Morgan fingerprint density at radius 2 is 1.93 bits per heavy atom. The summed E-state index contributed by atoms with van der Waals surface area (Å²) in [6.07, 6.45) is 1.71. The van der Waals surface area contributed by atoms with Crippen LogP contribution in [0.3, 0.4) is 0 Å². The molecule has 3 heterocycles. The van der Waals surface area contributed by atoms with Crippen molar-refractivity contribution < 1.29 is 14.7 Å². The van der Waals surface area contributed by atoms with Crippen molar-refractivity contribution in [2.24, 2.45) is 5.92 Å². The molecule has 0 radical (unpaired) electrons. The van der Waals surface area contributed by atoms with Gasteiger partial charge in [-0.3, -0.25) is 14.3 Å². The SMILES string of the molecule is CC(=O)N1CCC(C(=O)N2CCCn3nc([C@@H](O)CN(C)C)cc3C2)CC1. The molecule has 0 aromatic carbocycles. The zero-order valence-electron chi connectivity index (χ0n) is 16.6. The monoisotopic (exact) mass is 377 g/mol. The van der Waals surface area contributed by atoms with Crippen molar-refractivity contribution in [1.82, 2.24) is 24.5 Å². The summed E-state index contributed by atoms with van der Waals surface area (Å²) in [6.45, 7) is 5.46. The largest absolute Gasteiger partial charge is 0.385 e. The van der Waals surface area contributed by atoms with Crippen molar-refractivity contribution in [1.29, 1.82) is 0 Å². The minimum atomic E-state index is -0.625. The van der Waals surface area contributed by atoms with Gasteiger partial charge in [0.15, 0.2) is 0 Å². The van der Waals surface area contributed by atoms with Crippen molar-refractivity contribution in [2.75, 3.05) is 40.3 Å². The number of hydrogen-bond donors (Lipinski definition) is 1. The molecule has 0 saturated carbocycles. The number of carbonyl (C=O) groups is 2. The maximum Gasteiger partial charge on any atom is 0.226 e. The van der Waals surface area contributed by atoms with E-state index in [9.17, 15) is 14.7 Å². The van der Waals surface area contributed by atoms with Crippen LogP contribution >= 0.6 is 0 Å². The van der Waals surface area contributed by atoms with Crippen LogP contribution in [0, 0.1) is 5.92 Å². The van der Waals surface area contributed by atoms with Crippen molar-refractivity contribution in [3.8, 4) is 0 Å². The summed E-state index contributed by atoms with van der Waals surface area (Å²) in [5, 5.41) is 14.9. The van der Waals surface area contributed by atoms with Crippen LogP contribution in [0.15, 0.2) is 6.07 Å². The Labute approximate surface area is 160 Å². The van der Waals surface area contributed by atoms with Gasteiger partial charge in [-0.25, -0.2) is 0 Å². The molecule has 8 heteroatoms. The van der Waals surface area contributed by atoms with E-state index in [1.54, 1.807) is 6.92 Å². The summed E-state index contributed by atoms with van der Waals surface area (Å²) in [4.78, 5) is 30.2. The van der Waals surface area contributed by atoms with Crippen LogP contribution in [-0.2, 0) is 22.7 Å². The van der Waals surface area contributed by atoms with Gasteiger partial charge in [-0.1, -0.05) is 0 Å². The Hall–Kier alpha value is -1.93. The molecule has 1 aromatic rings. The van der Waals surface area contributed by atoms with Gasteiger partial charge in [-0.2, -0.15) is 5.10 Å². The number of likely N-dealkylation sites (N-methyl/N-ethyl adjacent to an activating group) is 1. The third kappa shape index (κ3) is 4.68. The van der Waals surface area contributed by atoms with Crippen molar-refractivity contribution in [2.45, 2.75) is 45.4 Å². The van der Waals surface area contributed by atoms with E-state index in [4.69, 9.17) is 0 Å². The number of aliphatic hydroxyl groups is 1. The first-order valence-electron chi connectivity index (χ1n) is 9.79. The highest BCUT2D eigenvalue weighted by Crippen LogP contribution is 2.24. The highest BCUT2D eigenvalue weighted by Gasteiger charge is 2.31. The smallest absolute Gasteiger partial charge is 0.226 e. The lowest BCUT2D eigenvalue weighted by Crippen LogP contribution is -2.43. The zero-order valence-corrected chi connectivity index (χ0v) is 16.6.